The second kappa shape index (κ2) is 22.3. The molecule has 3 heterocycles. The zero-order valence-corrected chi connectivity index (χ0v) is 42.0. The molecule has 1 aliphatic carbocycles. The molecule has 16 nitrogen and oxygen atoms in total. The number of aliphatic hydroxyl groups excluding tert-OH is 1. The summed E-state index contributed by atoms with van der Waals surface area (Å²) in [6.45, 7) is 15.3. The largest absolute Gasteiger partial charge is 0.459 e. The number of sulfone groups is 1. The number of Topliss-reactive ketones (excluding diaryl/α,β-unsaturated/α-hetero) is 2. The first kappa shape index (κ1) is 54.1. The number of aliphatic hydroxyl groups is 2. The van der Waals surface area contributed by atoms with Crippen LogP contribution in [-0.2, 0) is 56.1 Å². The van der Waals surface area contributed by atoms with Crippen molar-refractivity contribution in [2.45, 2.75) is 173 Å². The molecule has 5 rings (SSSR count). The Kier molecular flexibility index (Phi) is 18.0. The van der Waals surface area contributed by atoms with Crippen LogP contribution in [0.25, 0.3) is 0 Å². The lowest BCUT2D eigenvalue weighted by Crippen LogP contribution is -2.58. The molecule has 0 unspecified atom stereocenters. The number of carbonyl (C=O) groups excluding carboxylic acids is 4. The first-order valence-corrected chi connectivity index (χ1v) is 25.7. The van der Waals surface area contributed by atoms with Crippen molar-refractivity contribution in [1.29, 1.82) is 0 Å². The van der Waals surface area contributed by atoms with E-state index in [0.29, 0.717) is 37.2 Å². The summed E-state index contributed by atoms with van der Waals surface area (Å²) in [5, 5.41) is 33.0. The topological polar surface area (TPSA) is 217 Å². The third-order valence-corrected chi connectivity index (χ3v) is 16.0. The van der Waals surface area contributed by atoms with Gasteiger partial charge in [0.25, 0.3) is 0 Å². The fourth-order valence-electron chi connectivity index (χ4n) is 10.9. The Morgan fingerprint density at radius 3 is 2.37 bits per heavy atom. The maximum atomic E-state index is 14.6. The predicted molar refractivity (Wildman–Crippen MR) is 249 cm³/mol. The first-order valence-electron chi connectivity index (χ1n) is 23.8. The van der Waals surface area contributed by atoms with Crippen molar-refractivity contribution < 1.29 is 56.4 Å². The van der Waals surface area contributed by atoms with Crippen molar-refractivity contribution in [3.05, 3.63) is 41.7 Å². The molecule has 1 aromatic carbocycles. The van der Waals surface area contributed by atoms with Crippen molar-refractivity contribution in [2.24, 2.45) is 40.0 Å². The van der Waals surface area contributed by atoms with Crippen molar-refractivity contribution >= 4 is 39.0 Å². The molecule has 1 saturated carbocycles. The van der Waals surface area contributed by atoms with Gasteiger partial charge in [-0.15, -0.1) is 5.10 Å². The van der Waals surface area contributed by atoms with E-state index in [1.807, 2.05) is 39.6 Å². The normalized spacial score (nSPS) is 35.1. The zero-order chi connectivity index (χ0) is 49.8. The summed E-state index contributed by atoms with van der Waals surface area (Å²) in [7, 11) is -1.51. The molecule has 2 aliphatic heterocycles. The average molecular weight is 960 g/mol. The van der Waals surface area contributed by atoms with Crippen LogP contribution in [0.5, 0.6) is 0 Å². The quantitative estimate of drug-likeness (QED) is 0.199. The number of nitrogens with zero attached hydrogens (tertiary/aromatic N) is 5. The van der Waals surface area contributed by atoms with Gasteiger partial charge >= 0.3 is 5.97 Å². The summed E-state index contributed by atoms with van der Waals surface area (Å²) in [4.78, 5) is 61.8. The number of fused-ring (bicyclic) bond motifs is 5. The second-order valence-electron chi connectivity index (χ2n) is 20.3. The van der Waals surface area contributed by atoms with E-state index in [-0.39, 0.29) is 49.2 Å². The lowest BCUT2D eigenvalue weighted by Gasteiger charge is -2.48. The van der Waals surface area contributed by atoms with Gasteiger partial charge in [-0.3, -0.25) is 19.2 Å². The van der Waals surface area contributed by atoms with Crippen LogP contribution in [0.4, 0.5) is 4.39 Å². The van der Waals surface area contributed by atoms with Gasteiger partial charge in [0.2, 0.25) is 5.91 Å². The minimum absolute atomic E-state index is 0.0458. The van der Waals surface area contributed by atoms with Gasteiger partial charge in [0.1, 0.15) is 36.2 Å². The number of ether oxygens (including phenoxy) is 3. The molecule has 3 fully saturated rings. The van der Waals surface area contributed by atoms with Crippen LogP contribution in [-0.4, -0.2) is 137 Å². The number of ketones is 2. The Morgan fingerprint density at radius 2 is 1.76 bits per heavy atom. The van der Waals surface area contributed by atoms with Gasteiger partial charge < -0.3 is 29.3 Å². The molecule has 2 bridgehead atoms. The molecule has 2 N–H and O–H groups in total. The fourth-order valence-corrected chi connectivity index (χ4v) is 11.6. The van der Waals surface area contributed by atoms with Crippen LogP contribution >= 0.6 is 0 Å². The highest BCUT2D eigenvalue weighted by molar-refractivity contribution is 7.90. The Labute approximate surface area is 395 Å². The van der Waals surface area contributed by atoms with Crippen LogP contribution in [0.1, 0.15) is 125 Å². The number of halogens is 1. The number of esters is 1. The molecule has 1 aromatic heterocycles. The molecule has 18 heteroatoms. The number of aliphatic imine (C=N–C) groups is 1. The summed E-state index contributed by atoms with van der Waals surface area (Å²) in [6.07, 6.45) is 0.372. The van der Waals surface area contributed by atoms with Crippen LogP contribution in [0.15, 0.2) is 40.4 Å². The number of benzene rings is 1. The Morgan fingerprint density at radius 1 is 1.09 bits per heavy atom. The van der Waals surface area contributed by atoms with Gasteiger partial charge in [0.05, 0.1) is 28.8 Å². The molecule has 3 aliphatic rings. The lowest BCUT2D eigenvalue weighted by molar-refractivity contribution is -0.287. The van der Waals surface area contributed by atoms with E-state index in [4.69, 9.17) is 14.2 Å². The number of likely N-dealkylation sites (N-methyl/N-ethyl adjacent to an activating group) is 1. The number of hydrogen-bond acceptors (Lipinski definition) is 14. The zero-order valence-electron chi connectivity index (χ0n) is 41.2. The minimum atomic E-state index is -3.37. The van der Waals surface area contributed by atoms with E-state index in [1.165, 1.54) is 30.7 Å². The molecule has 2 aromatic rings. The maximum Gasteiger partial charge on any atom is 0.316 e. The molecule has 1 amide bonds. The van der Waals surface area contributed by atoms with E-state index in [0.717, 1.165) is 11.8 Å². The summed E-state index contributed by atoms with van der Waals surface area (Å²) >= 11 is 0. The molecule has 67 heavy (non-hydrogen) atoms. The molecule has 14 atom stereocenters. The van der Waals surface area contributed by atoms with Gasteiger partial charge in [0, 0.05) is 68.8 Å². The highest BCUT2D eigenvalue weighted by atomic mass is 32.2. The van der Waals surface area contributed by atoms with E-state index in [1.54, 1.807) is 39.1 Å². The highest BCUT2D eigenvalue weighted by Gasteiger charge is 2.52. The molecule has 0 spiro atoms. The fraction of sp³-hybridized carbons (Fsp3) is 0.735. The molecular formula is C49H74FN5O11S. The smallest absolute Gasteiger partial charge is 0.316 e. The second-order valence-corrected chi connectivity index (χ2v) is 22.3. The SMILES string of the molecule is CC[C@H]1OC(=O)[C@H](C)C(=O)[C@H](C)[C@@H](O[C@@H]2O[C@H](C)C[C@H](N(C)CCc3cn([C@H](CF)Cc4ccc(S(C)(=O)=O)cc4)nn3)[C@H]2O)[C@]2(C)CCC(=O)CC[C@H]([C@@H](C)C(=NC(C)=O)[C@H](C)C2)[C@]1(C)O. The minimum Gasteiger partial charge on any atom is -0.459 e. The first-order chi connectivity index (χ1) is 31.3. The van der Waals surface area contributed by atoms with Crippen molar-refractivity contribution in [2.75, 3.05) is 26.5 Å². The van der Waals surface area contributed by atoms with Gasteiger partial charge in [-0.1, -0.05) is 52.0 Å². The number of rotatable bonds is 12. The van der Waals surface area contributed by atoms with E-state index >= 15 is 0 Å². The van der Waals surface area contributed by atoms with Gasteiger partial charge in [0.15, 0.2) is 21.9 Å². The van der Waals surface area contributed by atoms with Crippen LogP contribution in [0.2, 0.25) is 0 Å². The number of amides is 1. The van der Waals surface area contributed by atoms with Crippen molar-refractivity contribution in [3.63, 3.8) is 0 Å². The Balaban J connectivity index is 1.43. The van der Waals surface area contributed by atoms with Crippen LogP contribution < -0.4 is 0 Å². The average Bonchev–Trinajstić information content (AvgIpc) is 3.74. The van der Waals surface area contributed by atoms with Crippen molar-refractivity contribution in [3.8, 4) is 0 Å². The molecule has 374 valence electrons. The van der Waals surface area contributed by atoms with Crippen LogP contribution in [0, 0.1) is 35.0 Å². The third-order valence-electron chi connectivity index (χ3n) is 14.9. The third kappa shape index (κ3) is 12.9. The highest BCUT2D eigenvalue weighted by Crippen LogP contribution is 2.46. The van der Waals surface area contributed by atoms with Gasteiger partial charge in [-0.05, 0) is 101 Å². The number of hydrogen-bond donors (Lipinski definition) is 2. The van der Waals surface area contributed by atoms with Gasteiger partial charge in [-0.25, -0.2) is 22.5 Å². The maximum absolute atomic E-state index is 14.6. The van der Waals surface area contributed by atoms with Crippen molar-refractivity contribution in [1.82, 2.24) is 19.9 Å². The summed E-state index contributed by atoms with van der Waals surface area (Å²) in [5.41, 5.74) is -0.735. The Bertz CT molecular complexity index is 2200. The number of cyclic esters (lactones) is 1. The Hall–Kier alpha value is -3.81. The predicted octanol–water partition coefficient (Wildman–Crippen LogP) is 5.50. The molecular weight excluding hydrogens is 886 g/mol. The van der Waals surface area contributed by atoms with E-state index < -0.39 is 118 Å². The van der Waals surface area contributed by atoms with E-state index in [9.17, 15) is 42.2 Å². The monoisotopic (exact) mass is 960 g/mol. The number of carbonyl (C=O) groups is 4. The van der Waals surface area contributed by atoms with Gasteiger partial charge in [-0.2, -0.15) is 0 Å². The standard InChI is InChI=1S/C49H74FN5O11S/c1-12-41-49(9,61)39-18-15-37(57)19-21-48(8,25-28(2)42(30(39)4)51-33(7)56)45(31(5)43(58)32(6)46(60)65-41)66-47-44(59)40(23-29(3)64-47)54(10)22-20-35-27-55(53-52-35)36(26-50)24-34-13-16-38(17-14-34)67(11,62)63/h13-14,16-17,27-32,36,39-41,44-45,47,59,61H,12,15,18-26H2,1-11H3/t28-,29-,30-,31+,32-,36+,39-,40+,41-,44-,45-,47+,48-,49+/m1/s1. The number of alkyl halides is 1. The summed E-state index contributed by atoms with van der Waals surface area (Å²) in [6, 6.07) is 5.18. The number of aromatic nitrogens is 3. The molecule has 2 saturated heterocycles. The van der Waals surface area contributed by atoms with Crippen LogP contribution in [0.3, 0.4) is 0 Å². The summed E-state index contributed by atoms with van der Waals surface area (Å²) in [5.74, 6) is -5.50. The molecule has 0 radical (unpaired) electrons. The lowest BCUT2D eigenvalue weighted by atomic mass is 9.65. The summed E-state index contributed by atoms with van der Waals surface area (Å²) < 4.78 is 58.9. The van der Waals surface area contributed by atoms with E-state index in [2.05, 4.69) is 15.3 Å².